The number of benzene rings is 2. The fourth-order valence-corrected chi connectivity index (χ4v) is 2.17. The molecule has 0 fully saturated rings. The summed E-state index contributed by atoms with van der Waals surface area (Å²) in [4.78, 5) is 0. The van der Waals surface area contributed by atoms with Gasteiger partial charge in [0.15, 0.2) is 0 Å². The first-order valence-electron chi connectivity index (χ1n) is 7.17. The van der Waals surface area contributed by atoms with Crippen molar-refractivity contribution in [1.82, 2.24) is 5.32 Å². The molecule has 2 aromatic rings. The van der Waals surface area contributed by atoms with E-state index in [1.54, 1.807) is 6.08 Å². The van der Waals surface area contributed by atoms with E-state index in [-0.39, 0.29) is 24.6 Å². The summed E-state index contributed by atoms with van der Waals surface area (Å²) in [5, 5.41) is 15.1. The summed E-state index contributed by atoms with van der Waals surface area (Å²) in [5.41, 5.74) is 0.781. The van der Waals surface area contributed by atoms with Crippen molar-refractivity contribution in [3.05, 3.63) is 54.6 Å². The summed E-state index contributed by atoms with van der Waals surface area (Å²) in [5.74, 6) is 0.856. The minimum absolute atomic E-state index is 0. The molecule has 0 heterocycles. The van der Waals surface area contributed by atoms with Gasteiger partial charge in [0, 0.05) is 17.6 Å². The lowest BCUT2D eigenvalue weighted by molar-refractivity contribution is 0.187. The summed E-state index contributed by atoms with van der Waals surface area (Å²) >= 11 is 0. The van der Waals surface area contributed by atoms with Crippen LogP contribution in [0.4, 0.5) is 0 Å². The number of fused-ring (bicyclic) bond motifs is 1. The normalized spacial score (nSPS) is 11.0. The molecule has 2 aromatic carbocycles. The fourth-order valence-electron chi connectivity index (χ4n) is 2.17. The summed E-state index contributed by atoms with van der Waals surface area (Å²) in [7, 11) is 0. The van der Waals surface area contributed by atoms with E-state index < -0.39 is 0 Å². The van der Waals surface area contributed by atoms with Gasteiger partial charge in [-0.05, 0) is 30.7 Å². The first-order chi connectivity index (χ1) is 10.1. The number of aliphatic hydroxyl groups excluding tert-OH is 1. The predicted octanol–water partition coefficient (Wildman–Crippen LogP) is 3.69. The van der Waals surface area contributed by atoms with Crippen LogP contribution in [-0.2, 0) is 6.54 Å². The SMILES string of the molecule is C=CCOc1ccc2ccccc2c1CNC(C)(C)CO.Cl. The Morgan fingerprint density at radius 2 is 1.95 bits per heavy atom. The van der Waals surface area contributed by atoms with Crippen molar-refractivity contribution < 1.29 is 9.84 Å². The molecular formula is C18H24ClNO2. The molecule has 0 saturated heterocycles. The van der Waals surface area contributed by atoms with E-state index in [4.69, 9.17) is 4.74 Å². The Bertz CT molecular complexity index is 626. The molecule has 0 aromatic heterocycles. The molecular weight excluding hydrogens is 298 g/mol. The Morgan fingerprint density at radius 3 is 2.64 bits per heavy atom. The number of ether oxygens (including phenoxy) is 1. The molecule has 0 amide bonds. The summed E-state index contributed by atoms with van der Waals surface area (Å²) < 4.78 is 5.77. The number of rotatable bonds is 7. The molecule has 0 atom stereocenters. The van der Waals surface area contributed by atoms with Gasteiger partial charge in [0.25, 0.3) is 0 Å². The smallest absolute Gasteiger partial charge is 0.124 e. The van der Waals surface area contributed by atoms with Crippen LogP contribution in [0, 0.1) is 0 Å². The zero-order valence-corrected chi connectivity index (χ0v) is 14.0. The molecule has 0 saturated carbocycles. The molecule has 0 unspecified atom stereocenters. The van der Waals surface area contributed by atoms with Crippen LogP contribution in [0.15, 0.2) is 49.1 Å². The second kappa shape index (κ2) is 8.18. The average Bonchev–Trinajstić information content (AvgIpc) is 2.51. The van der Waals surface area contributed by atoms with Crippen molar-refractivity contribution in [2.75, 3.05) is 13.2 Å². The first kappa shape index (κ1) is 18.5. The van der Waals surface area contributed by atoms with Gasteiger partial charge in [-0.25, -0.2) is 0 Å². The van der Waals surface area contributed by atoms with Crippen LogP contribution < -0.4 is 10.1 Å². The number of hydrogen-bond donors (Lipinski definition) is 2. The molecule has 4 heteroatoms. The Hall–Kier alpha value is -1.55. The third-order valence-electron chi connectivity index (χ3n) is 3.49. The van der Waals surface area contributed by atoms with E-state index in [9.17, 15) is 5.11 Å². The van der Waals surface area contributed by atoms with Crippen LogP contribution in [-0.4, -0.2) is 23.9 Å². The monoisotopic (exact) mass is 321 g/mol. The summed E-state index contributed by atoms with van der Waals surface area (Å²) in [6, 6.07) is 12.3. The van der Waals surface area contributed by atoms with Crippen molar-refractivity contribution >= 4 is 23.2 Å². The standard InChI is InChI=1S/C18H23NO2.ClH/c1-4-11-21-17-10-9-14-7-5-6-8-15(14)16(17)12-19-18(2,3)13-20;/h4-10,19-20H,1,11-13H2,2-3H3;1H. The highest BCUT2D eigenvalue weighted by Gasteiger charge is 2.17. The van der Waals surface area contributed by atoms with Gasteiger partial charge in [-0.2, -0.15) is 0 Å². The van der Waals surface area contributed by atoms with Crippen LogP contribution in [0.3, 0.4) is 0 Å². The van der Waals surface area contributed by atoms with Crippen LogP contribution in [0.2, 0.25) is 0 Å². The Kier molecular flexibility index (Phi) is 6.88. The molecule has 0 radical (unpaired) electrons. The largest absolute Gasteiger partial charge is 0.489 e. The van der Waals surface area contributed by atoms with Gasteiger partial charge in [0.05, 0.1) is 6.61 Å². The maximum atomic E-state index is 9.39. The molecule has 0 aliphatic carbocycles. The van der Waals surface area contributed by atoms with Gasteiger partial charge in [0.2, 0.25) is 0 Å². The number of aliphatic hydroxyl groups is 1. The van der Waals surface area contributed by atoms with Crippen LogP contribution in [0.1, 0.15) is 19.4 Å². The third kappa shape index (κ3) is 4.47. The molecule has 0 spiro atoms. The van der Waals surface area contributed by atoms with E-state index in [1.165, 1.54) is 10.8 Å². The molecule has 0 aliphatic heterocycles. The molecule has 3 nitrogen and oxygen atoms in total. The van der Waals surface area contributed by atoms with Crippen molar-refractivity contribution in [3.63, 3.8) is 0 Å². The van der Waals surface area contributed by atoms with Crippen molar-refractivity contribution in [2.24, 2.45) is 0 Å². The van der Waals surface area contributed by atoms with Crippen LogP contribution in [0.5, 0.6) is 5.75 Å². The third-order valence-corrected chi connectivity index (χ3v) is 3.49. The van der Waals surface area contributed by atoms with Crippen molar-refractivity contribution in [2.45, 2.75) is 25.9 Å². The van der Waals surface area contributed by atoms with E-state index in [2.05, 4.69) is 30.1 Å². The highest BCUT2D eigenvalue weighted by molar-refractivity contribution is 5.87. The maximum absolute atomic E-state index is 9.39. The predicted molar refractivity (Wildman–Crippen MR) is 94.9 cm³/mol. The maximum Gasteiger partial charge on any atom is 0.124 e. The van der Waals surface area contributed by atoms with E-state index >= 15 is 0 Å². The lowest BCUT2D eigenvalue weighted by Gasteiger charge is -2.25. The highest BCUT2D eigenvalue weighted by Crippen LogP contribution is 2.28. The average molecular weight is 322 g/mol. The van der Waals surface area contributed by atoms with Crippen LogP contribution >= 0.6 is 12.4 Å². The van der Waals surface area contributed by atoms with Crippen molar-refractivity contribution in [3.8, 4) is 5.75 Å². The molecule has 120 valence electrons. The lowest BCUT2D eigenvalue weighted by Crippen LogP contribution is -2.42. The van der Waals surface area contributed by atoms with Crippen molar-refractivity contribution in [1.29, 1.82) is 0 Å². The zero-order chi connectivity index (χ0) is 15.3. The summed E-state index contributed by atoms with van der Waals surface area (Å²) in [6.07, 6.45) is 1.74. The van der Waals surface area contributed by atoms with E-state index in [0.717, 1.165) is 11.3 Å². The number of halogens is 1. The summed E-state index contributed by atoms with van der Waals surface area (Å²) in [6.45, 7) is 8.85. The number of nitrogens with one attached hydrogen (secondary N) is 1. The van der Waals surface area contributed by atoms with Gasteiger partial charge >= 0.3 is 0 Å². The van der Waals surface area contributed by atoms with Gasteiger partial charge in [0.1, 0.15) is 12.4 Å². The second-order valence-electron chi connectivity index (χ2n) is 5.76. The first-order valence-corrected chi connectivity index (χ1v) is 7.17. The Balaban J connectivity index is 0.00000242. The number of hydrogen-bond acceptors (Lipinski definition) is 3. The van der Waals surface area contributed by atoms with Gasteiger partial charge in [-0.1, -0.05) is 43.0 Å². The van der Waals surface area contributed by atoms with Gasteiger partial charge < -0.3 is 15.2 Å². The second-order valence-corrected chi connectivity index (χ2v) is 5.76. The minimum atomic E-state index is -0.327. The van der Waals surface area contributed by atoms with E-state index in [0.29, 0.717) is 13.2 Å². The fraction of sp³-hybridized carbons (Fsp3) is 0.333. The molecule has 22 heavy (non-hydrogen) atoms. The molecule has 0 bridgehead atoms. The molecule has 2 rings (SSSR count). The van der Waals surface area contributed by atoms with E-state index in [1.807, 2.05) is 32.0 Å². The van der Waals surface area contributed by atoms with Crippen LogP contribution in [0.25, 0.3) is 10.8 Å². The quantitative estimate of drug-likeness (QED) is 0.764. The zero-order valence-electron chi connectivity index (χ0n) is 13.1. The molecule has 2 N–H and O–H groups in total. The Morgan fingerprint density at radius 1 is 1.23 bits per heavy atom. The topological polar surface area (TPSA) is 41.5 Å². The van der Waals surface area contributed by atoms with Gasteiger partial charge in [-0.15, -0.1) is 12.4 Å². The minimum Gasteiger partial charge on any atom is -0.489 e. The lowest BCUT2D eigenvalue weighted by atomic mass is 10.0. The molecule has 0 aliphatic rings. The van der Waals surface area contributed by atoms with Gasteiger partial charge in [-0.3, -0.25) is 0 Å². The Labute approximate surface area is 138 Å². The highest BCUT2D eigenvalue weighted by atomic mass is 35.5.